The van der Waals surface area contributed by atoms with Gasteiger partial charge in [-0.25, -0.2) is 4.79 Å². The topological polar surface area (TPSA) is 40.6 Å². The lowest BCUT2D eigenvalue weighted by atomic mass is 9.89. The molecule has 0 radical (unpaired) electrons. The maximum atomic E-state index is 12.8. The molecule has 2 rings (SSSR count). The molecule has 0 N–H and O–H groups in total. The van der Waals surface area contributed by atoms with Gasteiger partial charge in [-0.1, -0.05) is 68.9 Å². The number of urea groups is 1. The van der Waals surface area contributed by atoms with E-state index in [2.05, 4.69) is 6.92 Å². The minimum absolute atomic E-state index is 0.137. The molecule has 0 bridgehead atoms. The molecule has 1 aliphatic heterocycles. The molecule has 0 saturated carbocycles. The second-order valence-electron chi connectivity index (χ2n) is 7.00. The third kappa shape index (κ3) is 3.47. The largest absolute Gasteiger partial charge is 0.327 e. The molecule has 3 amide bonds. The van der Waals surface area contributed by atoms with E-state index in [-0.39, 0.29) is 11.9 Å². The van der Waals surface area contributed by atoms with E-state index in [9.17, 15) is 9.59 Å². The van der Waals surface area contributed by atoms with Crippen molar-refractivity contribution in [3.05, 3.63) is 35.4 Å². The summed E-state index contributed by atoms with van der Waals surface area (Å²) in [5.41, 5.74) is 1.15. The third-order valence-electron chi connectivity index (χ3n) is 5.13. The molecule has 0 unspecified atom stereocenters. The van der Waals surface area contributed by atoms with Gasteiger partial charge in [0.25, 0.3) is 5.91 Å². The van der Waals surface area contributed by atoms with Gasteiger partial charge in [-0.3, -0.25) is 9.69 Å². The lowest BCUT2D eigenvalue weighted by Gasteiger charge is -2.32. The van der Waals surface area contributed by atoms with Crippen LogP contribution in [0.3, 0.4) is 0 Å². The number of nitrogens with zero attached hydrogens (tertiary/aromatic N) is 2. The summed E-state index contributed by atoms with van der Waals surface area (Å²) in [5.74, 6) is -0.137. The molecule has 0 aromatic heterocycles. The fourth-order valence-corrected chi connectivity index (χ4v) is 3.43. The van der Waals surface area contributed by atoms with Crippen LogP contribution in [0.25, 0.3) is 0 Å². The first-order chi connectivity index (χ1) is 11.4. The van der Waals surface area contributed by atoms with Gasteiger partial charge in [0.15, 0.2) is 0 Å². The van der Waals surface area contributed by atoms with Crippen LogP contribution in [0, 0.1) is 6.92 Å². The molecule has 1 atom stereocenters. The maximum absolute atomic E-state index is 12.8. The van der Waals surface area contributed by atoms with Gasteiger partial charge >= 0.3 is 6.03 Å². The van der Waals surface area contributed by atoms with Gasteiger partial charge in [-0.15, -0.1) is 0 Å². The van der Waals surface area contributed by atoms with Crippen molar-refractivity contribution in [2.45, 2.75) is 64.8 Å². The summed E-state index contributed by atoms with van der Waals surface area (Å²) in [6, 6.07) is 7.75. The van der Waals surface area contributed by atoms with Crippen LogP contribution in [0.4, 0.5) is 4.79 Å². The Morgan fingerprint density at radius 2 is 1.54 bits per heavy atom. The zero-order chi connectivity index (χ0) is 17.7. The molecule has 0 spiro atoms. The van der Waals surface area contributed by atoms with E-state index in [4.69, 9.17) is 0 Å². The summed E-state index contributed by atoms with van der Waals surface area (Å²) in [5, 5.41) is 0. The molecule has 1 aromatic rings. The van der Waals surface area contributed by atoms with Crippen LogP contribution in [0.2, 0.25) is 0 Å². The predicted molar refractivity (Wildman–Crippen MR) is 96.8 cm³/mol. The van der Waals surface area contributed by atoms with E-state index >= 15 is 0 Å². The number of carbonyl (C=O) groups is 2. The van der Waals surface area contributed by atoms with Crippen molar-refractivity contribution in [3.63, 3.8) is 0 Å². The van der Waals surface area contributed by atoms with E-state index in [0.717, 1.165) is 24.0 Å². The average Bonchev–Trinajstić information content (AvgIpc) is 2.74. The van der Waals surface area contributed by atoms with Crippen LogP contribution < -0.4 is 0 Å². The third-order valence-corrected chi connectivity index (χ3v) is 5.13. The Hall–Kier alpha value is -1.84. The second-order valence-corrected chi connectivity index (χ2v) is 7.00. The Morgan fingerprint density at radius 1 is 0.958 bits per heavy atom. The van der Waals surface area contributed by atoms with Crippen molar-refractivity contribution in [2.75, 3.05) is 13.6 Å². The van der Waals surface area contributed by atoms with Gasteiger partial charge in [0, 0.05) is 13.6 Å². The zero-order valence-electron chi connectivity index (χ0n) is 15.5. The van der Waals surface area contributed by atoms with Gasteiger partial charge in [0.1, 0.15) is 5.54 Å². The van der Waals surface area contributed by atoms with Gasteiger partial charge in [0.2, 0.25) is 0 Å². The molecular formula is C20H30N2O2. The van der Waals surface area contributed by atoms with Gasteiger partial charge < -0.3 is 4.90 Å². The SMILES string of the molecule is CCCCCCCCN1C(=O)N(C)C(=O)[C@@]1(C)c1ccc(C)cc1. The fourth-order valence-electron chi connectivity index (χ4n) is 3.43. The molecule has 4 nitrogen and oxygen atoms in total. The van der Waals surface area contributed by atoms with Crippen molar-refractivity contribution in [1.82, 2.24) is 9.80 Å². The molecule has 132 valence electrons. The number of hydrogen-bond donors (Lipinski definition) is 0. The Labute approximate surface area is 145 Å². The monoisotopic (exact) mass is 330 g/mol. The minimum Gasteiger partial charge on any atom is -0.306 e. The molecule has 1 aliphatic rings. The molecule has 24 heavy (non-hydrogen) atoms. The number of likely N-dealkylation sites (N-methyl/N-ethyl adjacent to an activating group) is 1. The van der Waals surface area contributed by atoms with E-state index in [1.807, 2.05) is 38.1 Å². The molecule has 1 aromatic carbocycles. The first-order valence-corrected chi connectivity index (χ1v) is 9.09. The number of rotatable bonds is 8. The summed E-state index contributed by atoms with van der Waals surface area (Å²) >= 11 is 0. The van der Waals surface area contributed by atoms with Crippen molar-refractivity contribution in [2.24, 2.45) is 0 Å². The highest BCUT2D eigenvalue weighted by Crippen LogP contribution is 2.36. The van der Waals surface area contributed by atoms with E-state index in [0.29, 0.717) is 6.54 Å². The molecule has 4 heteroatoms. The number of hydrogen-bond acceptors (Lipinski definition) is 2. The van der Waals surface area contributed by atoms with E-state index in [1.165, 1.54) is 30.6 Å². The summed E-state index contributed by atoms with van der Waals surface area (Å²) in [7, 11) is 1.58. The van der Waals surface area contributed by atoms with Gasteiger partial charge in [-0.2, -0.15) is 0 Å². The number of carbonyl (C=O) groups excluding carboxylic acids is 2. The standard InChI is InChI=1S/C20H30N2O2/c1-5-6-7-8-9-10-15-22-19(24)21(4)18(23)20(22,3)17-13-11-16(2)12-14-17/h11-14H,5-10,15H2,1-4H3/t20-/m1/s1. The highest BCUT2D eigenvalue weighted by molar-refractivity contribution is 6.06. The summed E-state index contributed by atoms with van der Waals surface area (Å²) in [4.78, 5) is 28.4. The number of imide groups is 1. The lowest BCUT2D eigenvalue weighted by molar-refractivity contribution is -0.132. The number of aryl methyl sites for hydroxylation is 1. The van der Waals surface area contributed by atoms with Crippen LogP contribution in [0.15, 0.2) is 24.3 Å². The van der Waals surface area contributed by atoms with Crippen molar-refractivity contribution in [1.29, 1.82) is 0 Å². The van der Waals surface area contributed by atoms with E-state index in [1.54, 1.807) is 11.9 Å². The smallest absolute Gasteiger partial charge is 0.306 e. The number of unbranched alkanes of at least 4 members (excludes halogenated alkanes) is 5. The minimum atomic E-state index is -0.886. The van der Waals surface area contributed by atoms with E-state index < -0.39 is 5.54 Å². The molecule has 1 heterocycles. The lowest BCUT2D eigenvalue weighted by Crippen LogP contribution is -2.44. The fraction of sp³-hybridized carbons (Fsp3) is 0.600. The summed E-state index contributed by atoms with van der Waals surface area (Å²) < 4.78 is 0. The quantitative estimate of drug-likeness (QED) is 0.521. The highest BCUT2D eigenvalue weighted by atomic mass is 16.2. The number of benzene rings is 1. The van der Waals surface area contributed by atoms with Crippen LogP contribution in [0.1, 0.15) is 63.5 Å². The van der Waals surface area contributed by atoms with Crippen molar-refractivity contribution in [3.8, 4) is 0 Å². The Bertz CT molecular complexity index is 582. The van der Waals surface area contributed by atoms with Gasteiger partial charge in [0.05, 0.1) is 0 Å². The Morgan fingerprint density at radius 3 is 2.17 bits per heavy atom. The summed E-state index contributed by atoms with van der Waals surface area (Å²) in [6.45, 7) is 6.73. The average molecular weight is 330 g/mol. The summed E-state index contributed by atoms with van der Waals surface area (Å²) in [6.07, 6.45) is 6.99. The highest BCUT2D eigenvalue weighted by Gasteiger charge is 2.53. The maximum Gasteiger partial charge on any atom is 0.327 e. The van der Waals surface area contributed by atoms with Crippen LogP contribution in [-0.2, 0) is 10.3 Å². The van der Waals surface area contributed by atoms with Crippen molar-refractivity contribution < 1.29 is 9.59 Å². The zero-order valence-corrected chi connectivity index (χ0v) is 15.5. The normalized spacial score (nSPS) is 21.0. The van der Waals surface area contributed by atoms with Gasteiger partial charge in [-0.05, 0) is 25.8 Å². The Kier molecular flexibility index (Phi) is 6.03. The first kappa shape index (κ1) is 18.5. The predicted octanol–water partition coefficient (Wildman–Crippen LogP) is 4.46. The number of amides is 3. The molecule has 0 aliphatic carbocycles. The van der Waals surface area contributed by atoms with Crippen molar-refractivity contribution >= 4 is 11.9 Å². The van der Waals surface area contributed by atoms with Crippen LogP contribution in [0.5, 0.6) is 0 Å². The Balaban J connectivity index is 2.12. The molecule has 1 saturated heterocycles. The first-order valence-electron chi connectivity index (χ1n) is 9.09. The van der Waals surface area contributed by atoms with Crippen LogP contribution in [-0.4, -0.2) is 35.3 Å². The molecule has 1 fully saturated rings. The second kappa shape index (κ2) is 7.82. The van der Waals surface area contributed by atoms with Crippen LogP contribution >= 0.6 is 0 Å². The molecular weight excluding hydrogens is 300 g/mol.